The first kappa shape index (κ1) is 12.8. The molecule has 2 rings (SSSR count). The number of rotatable bonds is 3. The molecule has 0 radical (unpaired) electrons. The molecule has 0 spiro atoms. The van der Waals surface area contributed by atoms with Gasteiger partial charge in [-0.25, -0.2) is 0 Å². The van der Waals surface area contributed by atoms with Gasteiger partial charge in [0.15, 0.2) is 0 Å². The van der Waals surface area contributed by atoms with Gasteiger partial charge in [-0.05, 0) is 5.56 Å². The van der Waals surface area contributed by atoms with Crippen molar-refractivity contribution in [1.29, 1.82) is 0 Å². The third-order valence-electron chi connectivity index (χ3n) is 3.38. The lowest BCUT2D eigenvalue weighted by Crippen LogP contribution is -2.39. The van der Waals surface area contributed by atoms with E-state index in [2.05, 4.69) is 0 Å². The fourth-order valence-electron chi connectivity index (χ4n) is 2.36. The topological polar surface area (TPSA) is 63.4 Å². The first-order valence-electron chi connectivity index (χ1n) is 6.09. The van der Waals surface area contributed by atoms with Crippen molar-refractivity contribution < 1.29 is 9.59 Å². The van der Waals surface area contributed by atoms with Crippen molar-refractivity contribution in [3.8, 4) is 0 Å². The Bertz CT molecular complexity index is 468. The average molecular weight is 246 g/mol. The molecule has 1 atom stereocenters. The highest BCUT2D eigenvalue weighted by Crippen LogP contribution is 2.36. The summed E-state index contributed by atoms with van der Waals surface area (Å²) in [6.07, 6.45) is 0.259. The normalized spacial score (nSPS) is 20.3. The van der Waals surface area contributed by atoms with Gasteiger partial charge in [-0.2, -0.15) is 0 Å². The van der Waals surface area contributed by atoms with Crippen LogP contribution in [0.15, 0.2) is 30.3 Å². The van der Waals surface area contributed by atoms with E-state index in [-0.39, 0.29) is 30.8 Å². The summed E-state index contributed by atoms with van der Waals surface area (Å²) < 4.78 is 0. The minimum Gasteiger partial charge on any atom is -0.328 e. The van der Waals surface area contributed by atoms with Gasteiger partial charge in [0.1, 0.15) is 0 Å². The lowest BCUT2D eigenvalue weighted by atomic mass is 9.92. The fraction of sp³-hybridized carbons (Fsp3) is 0.429. The molecule has 1 heterocycles. The van der Waals surface area contributed by atoms with Gasteiger partial charge in [-0.3, -0.25) is 14.5 Å². The van der Waals surface area contributed by atoms with Gasteiger partial charge in [0, 0.05) is 13.0 Å². The van der Waals surface area contributed by atoms with E-state index in [1.54, 1.807) is 13.8 Å². The number of imide groups is 1. The highest BCUT2D eigenvalue weighted by Gasteiger charge is 2.47. The maximum Gasteiger partial charge on any atom is 0.235 e. The molecule has 1 saturated heterocycles. The molecule has 1 aliphatic rings. The smallest absolute Gasteiger partial charge is 0.235 e. The Morgan fingerprint density at radius 3 is 2.33 bits per heavy atom. The number of carbonyl (C=O) groups excluding carboxylic acids is 2. The van der Waals surface area contributed by atoms with Crippen molar-refractivity contribution in [3.63, 3.8) is 0 Å². The summed E-state index contributed by atoms with van der Waals surface area (Å²) in [7, 11) is 0. The Morgan fingerprint density at radius 2 is 1.89 bits per heavy atom. The summed E-state index contributed by atoms with van der Waals surface area (Å²) in [6.45, 7) is 3.84. The second-order valence-corrected chi connectivity index (χ2v) is 5.29. The summed E-state index contributed by atoms with van der Waals surface area (Å²) in [6, 6.07) is 9.09. The second-order valence-electron chi connectivity index (χ2n) is 5.29. The van der Waals surface area contributed by atoms with Crippen LogP contribution in [0.25, 0.3) is 0 Å². The largest absolute Gasteiger partial charge is 0.328 e. The number of benzene rings is 1. The number of carbonyl (C=O) groups is 2. The highest BCUT2D eigenvalue weighted by atomic mass is 16.2. The average Bonchev–Trinajstić information content (AvgIpc) is 2.54. The van der Waals surface area contributed by atoms with Crippen molar-refractivity contribution in [3.05, 3.63) is 35.9 Å². The van der Waals surface area contributed by atoms with Crippen molar-refractivity contribution >= 4 is 11.8 Å². The van der Waals surface area contributed by atoms with Crippen LogP contribution in [-0.4, -0.2) is 23.3 Å². The molecule has 2 N–H and O–H groups in total. The predicted molar refractivity (Wildman–Crippen MR) is 68.5 cm³/mol. The van der Waals surface area contributed by atoms with Gasteiger partial charge in [0.25, 0.3) is 0 Å². The quantitative estimate of drug-likeness (QED) is 0.821. The van der Waals surface area contributed by atoms with Crippen LogP contribution in [0.2, 0.25) is 0 Å². The third kappa shape index (κ3) is 2.04. The van der Waals surface area contributed by atoms with Crippen LogP contribution in [0.5, 0.6) is 0 Å². The molecule has 0 aliphatic carbocycles. The van der Waals surface area contributed by atoms with Gasteiger partial charge < -0.3 is 5.73 Å². The monoisotopic (exact) mass is 246 g/mol. The Morgan fingerprint density at radius 1 is 1.28 bits per heavy atom. The predicted octanol–water partition coefficient (Wildman–Crippen LogP) is 1.47. The fourth-order valence-corrected chi connectivity index (χ4v) is 2.36. The Balaban J connectivity index is 2.35. The van der Waals surface area contributed by atoms with E-state index in [1.165, 1.54) is 4.90 Å². The van der Waals surface area contributed by atoms with Crippen molar-refractivity contribution in [1.82, 2.24) is 4.90 Å². The van der Waals surface area contributed by atoms with Crippen LogP contribution in [0.3, 0.4) is 0 Å². The SMILES string of the molecule is CC1(C)CC(=O)N(C(CN)c2ccccc2)C1=O. The second kappa shape index (κ2) is 4.53. The molecule has 0 saturated carbocycles. The Hall–Kier alpha value is -1.68. The first-order valence-corrected chi connectivity index (χ1v) is 6.09. The summed E-state index contributed by atoms with van der Waals surface area (Å²) in [4.78, 5) is 25.6. The van der Waals surface area contributed by atoms with E-state index in [9.17, 15) is 9.59 Å². The molecule has 1 aromatic rings. The van der Waals surface area contributed by atoms with Crippen molar-refractivity contribution in [2.45, 2.75) is 26.3 Å². The molecular weight excluding hydrogens is 228 g/mol. The van der Waals surface area contributed by atoms with Crippen LogP contribution in [0.1, 0.15) is 31.9 Å². The van der Waals surface area contributed by atoms with Gasteiger partial charge in [0.2, 0.25) is 11.8 Å². The maximum atomic E-state index is 12.3. The van der Waals surface area contributed by atoms with Crippen LogP contribution in [-0.2, 0) is 9.59 Å². The molecule has 0 bridgehead atoms. The molecule has 1 aliphatic heterocycles. The minimum absolute atomic E-state index is 0.133. The number of likely N-dealkylation sites (tertiary alicyclic amines) is 1. The van der Waals surface area contributed by atoms with Crippen LogP contribution in [0, 0.1) is 5.41 Å². The zero-order chi connectivity index (χ0) is 13.3. The third-order valence-corrected chi connectivity index (χ3v) is 3.38. The van der Waals surface area contributed by atoms with Gasteiger partial charge in [-0.1, -0.05) is 44.2 Å². The number of hydrogen-bond acceptors (Lipinski definition) is 3. The van der Waals surface area contributed by atoms with E-state index in [0.717, 1.165) is 5.56 Å². The Kier molecular flexibility index (Phi) is 3.22. The zero-order valence-electron chi connectivity index (χ0n) is 10.7. The van der Waals surface area contributed by atoms with Gasteiger partial charge >= 0.3 is 0 Å². The number of amides is 2. The number of nitrogens with two attached hydrogens (primary N) is 1. The molecule has 1 aromatic carbocycles. The first-order chi connectivity index (χ1) is 8.47. The molecule has 1 unspecified atom stereocenters. The lowest BCUT2D eigenvalue weighted by molar-refractivity contribution is -0.143. The number of nitrogens with zero attached hydrogens (tertiary/aromatic N) is 1. The molecule has 1 fully saturated rings. The van der Waals surface area contributed by atoms with Crippen LogP contribution >= 0.6 is 0 Å². The highest BCUT2D eigenvalue weighted by molar-refractivity contribution is 6.05. The van der Waals surface area contributed by atoms with Crippen molar-refractivity contribution in [2.24, 2.45) is 11.1 Å². The van der Waals surface area contributed by atoms with Crippen LogP contribution < -0.4 is 5.73 Å². The molecule has 2 amide bonds. The number of hydrogen-bond donors (Lipinski definition) is 1. The van der Waals surface area contributed by atoms with Crippen molar-refractivity contribution in [2.75, 3.05) is 6.54 Å². The lowest BCUT2D eigenvalue weighted by Gasteiger charge is -2.27. The maximum absolute atomic E-state index is 12.3. The van der Waals surface area contributed by atoms with E-state index in [4.69, 9.17) is 5.73 Å². The molecule has 4 nitrogen and oxygen atoms in total. The Labute approximate surface area is 107 Å². The summed E-state index contributed by atoms with van der Waals surface area (Å²) >= 11 is 0. The van der Waals surface area contributed by atoms with E-state index in [0.29, 0.717) is 0 Å². The summed E-state index contributed by atoms with van der Waals surface area (Å²) in [5.41, 5.74) is 6.04. The van der Waals surface area contributed by atoms with E-state index >= 15 is 0 Å². The summed E-state index contributed by atoms with van der Waals surface area (Å²) in [5, 5.41) is 0. The molecule has 0 aromatic heterocycles. The summed E-state index contributed by atoms with van der Waals surface area (Å²) in [5.74, 6) is -0.267. The molecular formula is C14H18N2O2. The molecule has 18 heavy (non-hydrogen) atoms. The van der Waals surface area contributed by atoms with Gasteiger partial charge in [-0.15, -0.1) is 0 Å². The minimum atomic E-state index is -0.612. The van der Waals surface area contributed by atoms with E-state index < -0.39 is 5.41 Å². The van der Waals surface area contributed by atoms with E-state index in [1.807, 2.05) is 30.3 Å². The molecule has 4 heteroatoms. The standard InChI is InChI=1S/C14H18N2O2/c1-14(2)8-12(17)16(13(14)18)11(9-15)10-6-4-3-5-7-10/h3-7,11H,8-9,15H2,1-2H3. The van der Waals surface area contributed by atoms with Crippen LogP contribution in [0.4, 0.5) is 0 Å². The molecule has 96 valence electrons. The zero-order valence-corrected chi connectivity index (χ0v) is 10.7. The van der Waals surface area contributed by atoms with Gasteiger partial charge in [0.05, 0.1) is 11.5 Å².